The molecule has 7 rings (SSSR count). The Balaban J connectivity index is 1.36. The third-order valence-corrected chi connectivity index (χ3v) is 12.8. The number of hydrogen-bond donors (Lipinski definition) is 1. The molecule has 4 heterocycles. The van der Waals surface area contributed by atoms with Gasteiger partial charge in [0, 0.05) is 16.9 Å². The summed E-state index contributed by atoms with van der Waals surface area (Å²) in [6.07, 6.45) is 7.53. The summed E-state index contributed by atoms with van der Waals surface area (Å²) in [5, 5.41) is 10.8. The molecule has 47 heavy (non-hydrogen) atoms. The van der Waals surface area contributed by atoms with E-state index in [9.17, 15) is 27.5 Å². The predicted molar refractivity (Wildman–Crippen MR) is 184 cm³/mol. The first kappa shape index (κ1) is 31.7. The monoisotopic (exact) mass is 672 g/mol. The highest BCUT2D eigenvalue weighted by Gasteiger charge is 2.31. The van der Waals surface area contributed by atoms with Crippen molar-refractivity contribution in [1.29, 1.82) is 0 Å². The Morgan fingerprint density at radius 3 is 2.49 bits per heavy atom. The number of benzene rings is 2. The highest BCUT2D eigenvalue weighted by molar-refractivity contribution is 7.91. The number of fused-ring (bicyclic) bond motifs is 2. The summed E-state index contributed by atoms with van der Waals surface area (Å²) in [6.45, 7) is 0.0432. The molecule has 1 unspecified atom stereocenters. The molecule has 1 saturated carbocycles. The second-order valence-corrected chi connectivity index (χ2v) is 16.4. The number of hydrogen-bond acceptors (Lipinski definition) is 6. The van der Waals surface area contributed by atoms with Gasteiger partial charge in [-0.05, 0) is 85.5 Å². The van der Waals surface area contributed by atoms with E-state index in [1.807, 2.05) is 28.8 Å². The van der Waals surface area contributed by atoms with Gasteiger partial charge in [0.15, 0.2) is 5.78 Å². The minimum absolute atomic E-state index is 0.0127. The lowest BCUT2D eigenvalue weighted by Gasteiger charge is -2.24. The Morgan fingerprint density at radius 1 is 0.915 bits per heavy atom. The smallest absolute Gasteiger partial charge is 0.345 e. The number of thiophene rings is 1. The van der Waals surface area contributed by atoms with E-state index in [4.69, 9.17) is 4.98 Å². The van der Waals surface area contributed by atoms with Crippen molar-refractivity contribution < 1.29 is 27.5 Å². The molecular weight excluding hydrogens is 636 g/mol. The van der Waals surface area contributed by atoms with Crippen LogP contribution in [0, 0.1) is 11.7 Å². The van der Waals surface area contributed by atoms with Crippen molar-refractivity contribution in [3.63, 3.8) is 0 Å². The van der Waals surface area contributed by atoms with Crippen molar-refractivity contribution in [1.82, 2.24) is 9.55 Å². The lowest BCUT2D eigenvalue weighted by atomic mass is 9.83. The highest BCUT2D eigenvalue weighted by atomic mass is 32.2. The Kier molecular flexibility index (Phi) is 8.74. The number of carbonyl (C=O) groups is 2. The molecule has 2 aliphatic rings. The molecule has 1 atom stereocenters. The van der Waals surface area contributed by atoms with Crippen LogP contribution in [-0.2, 0) is 21.2 Å². The maximum atomic E-state index is 14.6. The number of nitrogens with zero attached hydrogens (tertiary/aromatic N) is 2. The zero-order valence-corrected chi connectivity index (χ0v) is 27.7. The first-order valence-electron chi connectivity index (χ1n) is 16.5. The van der Waals surface area contributed by atoms with Crippen molar-refractivity contribution in [2.24, 2.45) is 5.92 Å². The van der Waals surface area contributed by atoms with Crippen molar-refractivity contribution in [3.05, 3.63) is 76.9 Å². The van der Waals surface area contributed by atoms with Crippen LogP contribution in [0.5, 0.6) is 0 Å². The summed E-state index contributed by atoms with van der Waals surface area (Å²) in [6, 6.07) is 18.0. The van der Waals surface area contributed by atoms with Crippen LogP contribution in [0.1, 0.15) is 78.9 Å². The number of pyridine rings is 1. The van der Waals surface area contributed by atoms with Crippen LogP contribution in [0.15, 0.2) is 60.7 Å². The van der Waals surface area contributed by atoms with Gasteiger partial charge in [0.2, 0.25) is 0 Å². The number of aromatic carboxylic acids is 1. The standard InChI is InChI=1S/C37H37FN2O5S2/c38-28-12-5-4-11-27(28)30-16-13-25-20-26(14-15-29(25)39-30)35-34(24-9-2-1-3-10-24)36-31(21-33(46-36)37(42)43)40(35)22-32(41)23-8-6-7-18-47(44,45)19-17-23/h4-5,11-16,20-21,23-24H,1-3,6-10,17-19,22H2,(H,42,43). The van der Waals surface area contributed by atoms with Gasteiger partial charge in [-0.25, -0.2) is 22.6 Å². The minimum Gasteiger partial charge on any atom is -0.477 e. The number of sulfone groups is 1. The van der Waals surface area contributed by atoms with Crippen LogP contribution in [-0.4, -0.2) is 46.3 Å². The van der Waals surface area contributed by atoms with E-state index in [-0.39, 0.29) is 46.4 Å². The normalized spacial score (nSPS) is 19.0. The van der Waals surface area contributed by atoms with Gasteiger partial charge >= 0.3 is 5.97 Å². The van der Waals surface area contributed by atoms with Gasteiger partial charge in [0.1, 0.15) is 20.5 Å². The van der Waals surface area contributed by atoms with Gasteiger partial charge in [-0.1, -0.05) is 49.9 Å². The van der Waals surface area contributed by atoms with Crippen LogP contribution < -0.4 is 0 Å². The van der Waals surface area contributed by atoms with Gasteiger partial charge in [0.05, 0.1) is 45.2 Å². The quantitative estimate of drug-likeness (QED) is 0.186. The summed E-state index contributed by atoms with van der Waals surface area (Å²) in [5.74, 6) is -1.31. The lowest BCUT2D eigenvalue weighted by Crippen LogP contribution is -2.26. The maximum Gasteiger partial charge on any atom is 0.345 e. The molecule has 1 aliphatic carbocycles. The minimum atomic E-state index is -3.18. The number of ketones is 1. The fourth-order valence-corrected chi connectivity index (χ4v) is 10.1. The highest BCUT2D eigenvalue weighted by Crippen LogP contribution is 2.47. The van der Waals surface area contributed by atoms with E-state index in [1.165, 1.54) is 17.4 Å². The van der Waals surface area contributed by atoms with Gasteiger partial charge in [0.25, 0.3) is 0 Å². The molecule has 2 fully saturated rings. The summed E-state index contributed by atoms with van der Waals surface area (Å²) < 4.78 is 42.3. The number of carboxylic acids is 1. The summed E-state index contributed by atoms with van der Waals surface area (Å²) in [5.41, 5.74) is 5.36. The molecule has 0 bridgehead atoms. The zero-order chi connectivity index (χ0) is 32.7. The van der Waals surface area contributed by atoms with Gasteiger partial charge in [-0.2, -0.15) is 0 Å². The van der Waals surface area contributed by atoms with Crippen LogP contribution >= 0.6 is 11.3 Å². The van der Waals surface area contributed by atoms with Crippen molar-refractivity contribution in [2.45, 2.75) is 70.3 Å². The van der Waals surface area contributed by atoms with E-state index in [1.54, 1.807) is 24.3 Å². The third kappa shape index (κ3) is 6.37. The van der Waals surface area contributed by atoms with Crippen LogP contribution in [0.2, 0.25) is 0 Å². The molecule has 244 valence electrons. The predicted octanol–water partition coefficient (Wildman–Crippen LogP) is 8.64. The van der Waals surface area contributed by atoms with Crippen molar-refractivity contribution in [3.8, 4) is 22.5 Å². The number of carboxylic acid groups (broad SMARTS) is 1. The molecular formula is C37H37FN2O5S2. The SMILES string of the molecule is O=C(O)c1cc2c(s1)c(C1CCCCC1)c(-c1ccc3nc(-c4ccccc4F)ccc3c1)n2CC(=O)C1CCCCS(=O)(=O)CC1. The number of carbonyl (C=O) groups excluding carboxylic acids is 1. The second-order valence-electron chi connectivity index (χ2n) is 13.0. The summed E-state index contributed by atoms with van der Waals surface area (Å²) in [7, 11) is -3.18. The third-order valence-electron chi connectivity index (χ3n) is 9.91. The molecule has 0 spiro atoms. The van der Waals surface area contributed by atoms with E-state index in [0.717, 1.165) is 64.5 Å². The molecule has 1 saturated heterocycles. The van der Waals surface area contributed by atoms with Gasteiger partial charge in [-0.15, -0.1) is 11.3 Å². The van der Waals surface area contributed by atoms with E-state index >= 15 is 0 Å². The molecule has 5 aromatic rings. The van der Waals surface area contributed by atoms with Crippen LogP contribution in [0.4, 0.5) is 4.39 Å². The average molecular weight is 673 g/mol. The van der Waals surface area contributed by atoms with Crippen molar-refractivity contribution >= 4 is 54.0 Å². The molecule has 10 heteroatoms. The van der Waals surface area contributed by atoms with E-state index in [0.29, 0.717) is 42.5 Å². The number of halogens is 1. The fourth-order valence-electron chi connectivity index (χ4n) is 7.48. The number of Topliss-reactive ketones (excluding diaryl/α,β-unsaturated/α-hetero) is 1. The Morgan fingerprint density at radius 2 is 1.70 bits per heavy atom. The Labute approximate surface area is 277 Å². The molecule has 2 aromatic carbocycles. The fraction of sp³-hybridized carbons (Fsp3) is 0.378. The second kappa shape index (κ2) is 13.0. The molecule has 1 aliphatic heterocycles. The van der Waals surface area contributed by atoms with Gasteiger partial charge < -0.3 is 9.67 Å². The molecule has 1 N–H and O–H groups in total. The Hall–Kier alpha value is -3.89. The number of aromatic nitrogens is 2. The molecule has 0 amide bonds. The molecule has 0 radical (unpaired) electrons. The summed E-state index contributed by atoms with van der Waals surface area (Å²) in [4.78, 5) is 31.2. The zero-order valence-electron chi connectivity index (χ0n) is 26.1. The molecule has 7 nitrogen and oxygen atoms in total. The van der Waals surface area contributed by atoms with E-state index in [2.05, 4.69) is 6.07 Å². The van der Waals surface area contributed by atoms with Crippen LogP contribution in [0.25, 0.3) is 43.6 Å². The molecule has 3 aromatic heterocycles. The first-order valence-corrected chi connectivity index (χ1v) is 19.1. The largest absolute Gasteiger partial charge is 0.477 e. The van der Waals surface area contributed by atoms with E-state index < -0.39 is 15.8 Å². The first-order chi connectivity index (χ1) is 22.7. The topological polar surface area (TPSA) is 106 Å². The summed E-state index contributed by atoms with van der Waals surface area (Å²) >= 11 is 1.27. The average Bonchev–Trinajstić information content (AvgIpc) is 3.62. The Bertz CT molecular complexity index is 2110. The van der Waals surface area contributed by atoms with Crippen molar-refractivity contribution in [2.75, 3.05) is 11.5 Å². The number of rotatable bonds is 7. The maximum absolute atomic E-state index is 14.6. The lowest BCUT2D eigenvalue weighted by molar-refractivity contribution is -0.123. The van der Waals surface area contributed by atoms with Gasteiger partial charge in [-0.3, -0.25) is 4.79 Å². The van der Waals surface area contributed by atoms with Crippen LogP contribution in [0.3, 0.4) is 0 Å².